The highest BCUT2D eigenvalue weighted by atomic mass is 15.3. The van der Waals surface area contributed by atoms with E-state index in [1.807, 2.05) is 0 Å². The molecule has 1 saturated heterocycles. The van der Waals surface area contributed by atoms with Crippen molar-refractivity contribution in [2.45, 2.75) is 44.3 Å². The molecule has 0 bridgehead atoms. The molecule has 1 saturated carbocycles. The van der Waals surface area contributed by atoms with Crippen LogP contribution in [0.1, 0.15) is 37.4 Å². The molecule has 9 nitrogen and oxygen atoms in total. The lowest BCUT2D eigenvalue weighted by atomic mass is 9.90. The Balaban J connectivity index is 1.08. The van der Waals surface area contributed by atoms with E-state index < -0.39 is 0 Å². The van der Waals surface area contributed by atoms with Crippen molar-refractivity contribution in [3.63, 3.8) is 0 Å². The maximum atomic E-state index is 6.41. The number of nitrogens with zero attached hydrogens (tertiary/aromatic N) is 6. The first-order chi connectivity index (χ1) is 19.6. The maximum Gasteiger partial charge on any atom is 0.164 e. The third-order valence-electron chi connectivity index (χ3n) is 8.81. The van der Waals surface area contributed by atoms with E-state index in [1.165, 1.54) is 44.4 Å². The van der Waals surface area contributed by atoms with Crippen molar-refractivity contribution in [2.75, 3.05) is 44.3 Å². The van der Waals surface area contributed by atoms with Crippen molar-refractivity contribution < 1.29 is 0 Å². The lowest BCUT2D eigenvalue weighted by Gasteiger charge is -2.41. The minimum absolute atomic E-state index is 0.325. The van der Waals surface area contributed by atoms with Crippen molar-refractivity contribution in [3.05, 3.63) is 66.6 Å². The Labute approximate surface area is 234 Å². The number of hydrogen-bond acceptors (Lipinski definition) is 7. The normalized spacial score (nSPS) is 20.8. The number of nitrogens with one attached hydrogen (secondary N) is 2. The van der Waals surface area contributed by atoms with Crippen LogP contribution in [0.4, 0.5) is 11.5 Å². The van der Waals surface area contributed by atoms with E-state index in [0.29, 0.717) is 17.9 Å². The lowest BCUT2D eigenvalue weighted by molar-refractivity contribution is 0.0815. The van der Waals surface area contributed by atoms with Gasteiger partial charge in [0.2, 0.25) is 0 Å². The SMILES string of the molecule is CN1CCN(C2CCC(n3nc(-c4ccc(NCc5cc6ccccc6[nH]5)cc4)c4c(N)ncnc43)CC2)CC1. The number of aromatic amines is 1. The fourth-order valence-electron chi connectivity index (χ4n) is 6.48. The molecule has 4 heterocycles. The summed E-state index contributed by atoms with van der Waals surface area (Å²) in [6.07, 6.45) is 6.17. The number of benzene rings is 2. The zero-order chi connectivity index (χ0) is 27.1. The standard InChI is InChI=1S/C31H37N9/c1-38-14-16-39(17-15-38)25-10-12-26(13-11-25)40-31-28(30(32)34-20-35-31)29(37-40)21-6-8-23(9-7-21)33-19-24-18-22-4-2-3-5-27(22)36-24/h2-9,18,20,25-26,33,36H,10-17,19H2,1H3,(H2,32,34,35). The second-order valence-corrected chi connectivity index (χ2v) is 11.4. The molecule has 2 aromatic carbocycles. The summed E-state index contributed by atoms with van der Waals surface area (Å²) >= 11 is 0. The predicted octanol–water partition coefficient (Wildman–Crippen LogP) is 4.90. The van der Waals surface area contributed by atoms with Crippen LogP contribution in [0.2, 0.25) is 0 Å². The van der Waals surface area contributed by atoms with E-state index in [4.69, 9.17) is 10.8 Å². The van der Waals surface area contributed by atoms with E-state index in [-0.39, 0.29) is 0 Å². The molecule has 2 fully saturated rings. The van der Waals surface area contributed by atoms with Gasteiger partial charge in [-0.3, -0.25) is 4.90 Å². The summed E-state index contributed by atoms with van der Waals surface area (Å²) in [6.45, 7) is 5.42. The zero-order valence-corrected chi connectivity index (χ0v) is 23.1. The van der Waals surface area contributed by atoms with Crippen LogP contribution in [-0.2, 0) is 6.54 Å². The van der Waals surface area contributed by atoms with Gasteiger partial charge in [-0.15, -0.1) is 0 Å². The van der Waals surface area contributed by atoms with Gasteiger partial charge in [0.15, 0.2) is 5.65 Å². The largest absolute Gasteiger partial charge is 0.383 e. The quantitative estimate of drug-likeness (QED) is 0.284. The van der Waals surface area contributed by atoms with E-state index in [1.54, 1.807) is 6.33 Å². The fraction of sp³-hybridized carbons (Fsp3) is 0.387. The number of fused-ring (bicyclic) bond motifs is 2. The number of nitrogens with two attached hydrogens (primary N) is 1. The lowest BCUT2D eigenvalue weighted by Crippen LogP contribution is -2.49. The van der Waals surface area contributed by atoms with Crippen molar-refractivity contribution in [2.24, 2.45) is 0 Å². The minimum atomic E-state index is 0.325. The predicted molar refractivity (Wildman–Crippen MR) is 161 cm³/mol. The summed E-state index contributed by atoms with van der Waals surface area (Å²) in [5.41, 5.74) is 12.5. The monoisotopic (exact) mass is 535 g/mol. The zero-order valence-electron chi connectivity index (χ0n) is 23.1. The van der Waals surface area contributed by atoms with Gasteiger partial charge in [0, 0.05) is 54.7 Å². The molecule has 1 aliphatic carbocycles. The molecule has 3 aromatic heterocycles. The number of H-pyrrole nitrogens is 1. The molecule has 0 spiro atoms. The van der Waals surface area contributed by atoms with E-state index in [2.05, 4.69) is 96.4 Å². The molecule has 0 atom stereocenters. The van der Waals surface area contributed by atoms with Crippen molar-refractivity contribution in [1.82, 2.24) is 34.5 Å². The average molecular weight is 536 g/mol. The van der Waals surface area contributed by atoms with Crippen molar-refractivity contribution >= 4 is 33.4 Å². The van der Waals surface area contributed by atoms with Crippen LogP contribution in [0.5, 0.6) is 0 Å². The molecular formula is C31H37N9. The van der Waals surface area contributed by atoms with Crippen LogP contribution in [0.15, 0.2) is 60.9 Å². The molecule has 0 amide bonds. The molecule has 9 heteroatoms. The van der Waals surface area contributed by atoms with E-state index in [9.17, 15) is 0 Å². The van der Waals surface area contributed by atoms with Gasteiger partial charge in [0.25, 0.3) is 0 Å². The van der Waals surface area contributed by atoms with Crippen LogP contribution in [-0.4, -0.2) is 73.8 Å². The third kappa shape index (κ3) is 4.80. The Kier molecular flexibility index (Phi) is 6.61. The van der Waals surface area contributed by atoms with Crippen LogP contribution in [0.25, 0.3) is 33.2 Å². The van der Waals surface area contributed by atoms with Gasteiger partial charge in [-0.1, -0.05) is 30.3 Å². The number of aromatic nitrogens is 5. The Bertz CT molecular complexity index is 1570. The fourth-order valence-corrected chi connectivity index (χ4v) is 6.48. The van der Waals surface area contributed by atoms with Crippen molar-refractivity contribution in [1.29, 1.82) is 0 Å². The van der Waals surface area contributed by atoms with E-state index in [0.717, 1.165) is 58.6 Å². The third-order valence-corrected chi connectivity index (χ3v) is 8.81. The summed E-state index contributed by atoms with van der Waals surface area (Å²) in [5.74, 6) is 0.485. The van der Waals surface area contributed by atoms with Gasteiger partial charge in [-0.05, 0) is 62.4 Å². The molecule has 4 N–H and O–H groups in total. The smallest absolute Gasteiger partial charge is 0.164 e. The minimum Gasteiger partial charge on any atom is -0.383 e. The number of piperazine rings is 1. The summed E-state index contributed by atoms with van der Waals surface area (Å²) < 4.78 is 2.13. The molecule has 206 valence electrons. The number of rotatable bonds is 6. The summed E-state index contributed by atoms with van der Waals surface area (Å²) in [7, 11) is 2.22. The van der Waals surface area contributed by atoms with E-state index >= 15 is 0 Å². The first-order valence-corrected chi connectivity index (χ1v) is 14.4. The average Bonchev–Trinajstić information content (AvgIpc) is 3.59. The van der Waals surface area contributed by atoms with Crippen LogP contribution in [0.3, 0.4) is 0 Å². The number of para-hydroxylation sites is 1. The second-order valence-electron chi connectivity index (χ2n) is 11.4. The van der Waals surface area contributed by atoms with Gasteiger partial charge < -0.3 is 20.9 Å². The molecule has 1 aliphatic heterocycles. The molecule has 5 aromatic rings. The van der Waals surface area contributed by atoms with Crippen LogP contribution < -0.4 is 11.1 Å². The highest BCUT2D eigenvalue weighted by Crippen LogP contribution is 2.37. The number of anilines is 2. The van der Waals surface area contributed by atoms with Gasteiger partial charge >= 0.3 is 0 Å². The second kappa shape index (κ2) is 10.6. The van der Waals surface area contributed by atoms with Crippen LogP contribution in [0, 0.1) is 0 Å². The van der Waals surface area contributed by atoms with Gasteiger partial charge in [-0.25, -0.2) is 14.6 Å². The maximum absolute atomic E-state index is 6.41. The molecule has 7 rings (SSSR count). The highest BCUT2D eigenvalue weighted by Gasteiger charge is 2.30. The van der Waals surface area contributed by atoms with Crippen LogP contribution >= 0.6 is 0 Å². The van der Waals surface area contributed by atoms with Gasteiger partial charge in [-0.2, -0.15) is 5.10 Å². The Morgan fingerprint density at radius 3 is 2.45 bits per heavy atom. The molecular weight excluding hydrogens is 498 g/mol. The Morgan fingerprint density at radius 2 is 1.68 bits per heavy atom. The van der Waals surface area contributed by atoms with Gasteiger partial charge in [0.1, 0.15) is 17.8 Å². The molecule has 0 radical (unpaired) electrons. The Hall–Kier alpha value is -3.95. The number of hydrogen-bond donors (Lipinski definition) is 3. The first-order valence-electron chi connectivity index (χ1n) is 14.4. The molecule has 2 aliphatic rings. The molecule has 40 heavy (non-hydrogen) atoms. The first kappa shape index (κ1) is 25.0. The number of nitrogen functional groups attached to an aromatic ring is 1. The van der Waals surface area contributed by atoms with Gasteiger partial charge in [0.05, 0.1) is 18.0 Å². The summed E-state index contributed by atoms with van der Waals surface area (Å²) in [4.78, 5) is 17.6. The Morgan fingerprint density at radius 1 is 0.925 bits per heavy atom. The highest BCUT2D eigenvalue weighted by molar-refractivity contribution is 5.98. The molecule has 0 unspecified atom stereocenters. The number of likely N-dealkylation sites (N-methyl/N-ethyl adjacent to an activating group) is 1. The summed E-state index contributed by atoms with van der Waals surface area (Å²) in [6, 6.07) is 20.0. The van der Waals surface area contributed by atoms with Crippen molar-refractivity contribution in [3.8, 4) is 11.3 Å². The summed E-state index contributed by atoms with van der Waals surface area (Å²) in [5, 5.41) is 10.7. The topological polar surface area (TPSA) is 104 Å².